The number of fused-ring (bicyclic) bond motifs is 1. The van der Waals surface area contributed by atoms with Crippen LogP contribution in [0.1, 0.15) is 12.5 Å². The van der Waals surface area contributed by atoms with Gasteiger partial charge in [-0.2, -0.15) is 0 Å². The number of nitro benzene ring substituents is 1. The van der Waals surface area contributed by atoms with Gasteiger partial charge in [-0.05, 0) is 30.2 Å². The minimum Gasteiger partial charge on any atom is -0.308 e. The summed E-state index contributed by atoms with van der Waals surface area (Å²) >= 11 is 1.53. The van der Waals surface area contributed by atoms with Crippen LogP contribution in [0.4, 0.5) is 5.69 Å². The van der Waals surface area contributed by atoms with Crippen molar-refractivity contribution in [3.05, 3.63) is 51.0 Å². The molecule has 1 amide bonds. The molecule has 1 saturated heterocycles. The molecule has 3 rings (SSSR count). The number of nitrogens with zero attached hydrogens (tertiary/aromatic N) is 3. The Labute approximate surface area is 160 Å². The predicted molar refractivity (Wildman–Crippen MR) is 102 cm³/mol. The van der Waals surface area contributed by atoms with Crippen molar-refractivity contribution in [3.63, 3.8) is 0 Å². The Kier molecular flexibility index (Phi) is 5.53. The molecule has 144 valence electrons. The first-order valence-corrected chi connectivity index (χ1v) is 10.6. The quantitative estimate of drug-likeness (QED) is 0.233. The molecule has 1 aromatic rings. The molecule has 0 unspecified atom stereocenters. The van der Waals surface area contributed by atoms with Crippen molar-refractivity contribution in [1.82, 2.24) is 4.90 Å². The number of thioether (sulfide) groups is 1. The fraction of sp³-hybridized carbons (Fsp3) is 0.375. The summed E-state index contributed by atoms with van der Waals surface area (Å²) in [4.78, 5) is 28.6. The lowest BCUT2D eigenvalue weighted by Crippen LogP contribution is -2.63. The second-order valence-electron chi connectivity index (χ2n) is 5.95. The maximum absolute atomic E-state index is 12.8. The van der Waals surface area contributed by atoms with Crippen molar-refractivity contribution in [2.45, 2.75) is 18.3 Å². The van der Waals surface area contributed by atoms with Crippen molar-refractivity contribution in [2.75, 3.05) is 20.0 Å². The van der Waals surface area contributed by atoms with Gasteiger partial charge in [-0.3, -0.25) is 29.4 Å². The molecule has 0 aliphatic carbocycles. The summed E-state index contributed by atoms with van der Waals surface area (Å²) in [5.41, 5.74) is 1.71. The van der Waals surface area contributed by atoms with Crippen molar-refractivity contribution in [2.24, 2.45) is 4.99 Å². The first kappa shape index (κ1) is 19.8. The van der Waals surface area contributed by atoms with Gasteiger partial charge in [0.05, 0.1) is 4.92 Å². The minimum absolute atomic E-state index is 0.0129. The molecule has 0 saturated carbocycles. The molecular weight excluding hydrogens is 393 g/mol. The zero-order chi connectivity index (χ0) is 19.8. The third-order valence-corrected chi connectivity index (χ3v) is 7.81. The summed E-state index contributed by atoms with van der Waals surface area (Å²) in [7, 11) is -0.980. The first-order chi connectivity index (χ1) is 12.8. The molecule has 1 fully saturated rings. The highest BCUT2D eigenvalue weighted by atomic mass is 32.2. The molecule has 2 heterocycles. The van der Waals surface area contributed by atoms with Crippen LogP contribution in [0.5, 0.6) is 0 Å². The highest BCUT2D eigenvalue weighted by Gasteiger charge is 2.55. The second kappa shape index (κ2) is 7.55. The highest BCUT2D eigenvalue weighted by molar-refractivity contribution is 8.00. The number of hydrogen-bond acceptors (Lipinski definition) is 8. The SMILES string of the molecule is COP(=O)(OC)C1=C(C)CS[C@H]2[C@H](N=Cc3ccc([N+](=O)[O-])cc3)C(=O)N12. The molecule has 11 heteroatoms. The summed E-state index contributed by atoms with van der Waals surface area (Å²) in [6.07, 6.45) is 1.52. The number of hydrogen-bond donors (Lipinski definition) is 0. The highest BCUT2D eigenvalue weighted by Crippen LogP contribution is 2.61. The summed E-state index contributed by atoms with van der Waals surface area (Å²) in [5, 5.41) is 10.4. The van der Waals surface area contributed by atoms with Crippen LogP contribution in [0, 0.1) is 10.1 Å². The summed E-state index contributed by atoms with van der Waals surface area (Å²) < 4.78 is 23.0. The summed E-state index contributed by atoms with van der Waals surface area (Å²) in [5.74, 6) is 0.304. The lowest BCUT2D eigenvalue weighted by Gasteiger charge is -2.49. The molecule has 0 bridgehead atoms. The molecular formula is C16H18N3O6PS. The Morgan fingerprint density at radius 2 is 1.96 bits per heavy atom. The van der Waals surface area contributed by atoms with Gasteiger partial charge in [-0.1, -0.05) is 0 Å². The number of benzene rings is 1. The monoisotopic (exact) mass is 411 g/mol. The topological polar surface area (TPSA) is 111 Å². The Balaban J connectivity index is 1.80. The van der Waals surface area contributed by atoms with E-state index in [0.717, 1.165) is 5.57 Å². The molecule has 0 radical (unpaired) electrons. The van der Waals surface area contributed by atoms with E-state index in [9.17, 15) is 19.5 Å². The fourth-order valence-corrected chi connectivity index (χ4v) is 5.92. The maximum Gasteiger partial charge on any atom is 0.377 e. The summed E-state index contributed by atoms with van der Waals surface area (Å²) in [6.45, 7) is 1.80. The average Bonchev–Trinajstić information content (AvgIpc) is 2.67. The lowest BCUT2D eigenvalue weighted by molar-refractivity contribution is -0.384. The maximum atomic E-state index is 12.8. The number of β-lactam (4-membered cyclic amide) rings is 1. The van der Waals surface area contributed by atoms with Gasteiger partial charge < -0.3 is 9.05 Å². The molecule has 0 N–H and O–H groups in total. The summed E-state index contributed by atoms with van der Waals surface area (Å²) in [6, 6.07) is 5.27. The van der Waals surface area contributed by atoms with Crippen LogP contribution >= 0.6 is 19.4 Å². The van der Waals surface area contributed by atoms with Crippen LogP contribution in [0.25, 0.3) is 0 Å². The third-order valence-electron chi connectivity index (χ3n) is 4.32. The van der Waals surface area contributed by atoms with Gasteiger partial charge in [0.2, 0.25) is 0 Å². The lowest BCUT2D eigenvalue weighted by atomic mass is 10.1. The number of amides is 1. The van der Waals surface area contributed by atoms with Crippen LogP contribution in [-0.2, 0) is 18.4 Å². The number of carbonyl (C=O) groups is 1. The van der Waals surface area contributed by atoms with Gasteiger partial charge in [0.25, 0.3) is 11.6 Å². The first-order valence-electron chi connectivity index (χ1n) is 7.96. The van der Waals surface area contributed by atoms with Crippen LogP contribution in [0.3, 0.4) is 0 Å². The molecule has 9 nitrogen and oxygen atoms in total. The van der Waals surface area contributed by atoms with E-state index in [4.69, 9.17) is 9.05 Å². The van der Waals surface area contributed by atoms with Gasteiger partial charge >= 0.3 is 7.60 Å². The number of aliphatic imine (C=N–C) groups is 1. The number of carbonyl (C=O) groups excluding carboxylic acids is 1. The van der Waals surface area contributed by atoms with E-state index < -0.39 is 18.6 Å². The van der Waals surface area contributed by atoms with E-state index in [1.165, 1.54) is 49.2 Å². The normalized spacial score (nSPS) is 22.8. The van der Waals surface area contributed by atoms with Gasteiger partial charge in [-0.15, -0.1) is 11.8 Å². The molecule has 0 aromatic heterocycles. The zero-order valence-corrected chi connectivity index (χ0v) is 16.6. The van der Waals surface area contributed by atoms with E-state index in [1.54, 1.807) is 19.1 Å². The molecule has 2 aliphatic rings. The van der Waals surface area contributed by atoms with Crippen LogP contribution < -0.4 is 0 Å². The smallest absolute Gasteiger partial charge is 0.308 e. The van der Waals surface area contributed by atoms with E-state index in [-0.39, 0.29) is 17.0 Å². The zero-order valence-electron chi connectivity index (χ0n) is 14.9. The predicted octanol–water partition coefficient (Wildman–Crippen LogP) is 3.01. The number of rotatable bonds is 6. The standard InChI is InChI=1S/C16H18N3O6PS/c1-10-9-27-16-13(14(20)18(16)15(10)26(23,24-2)25-3)17-8-11-4-6-12(7-5-11)19(21)22/h4-8,13,16H,9H2,1-3H3/t13-,16+/m1/s1. The average molecular weight is 411 g/mol. The van der Waals surface area contributed by atoms with Gasteiger partial charge in [0.15, 0.2) is 6.04 Å². The van der Waals surface area contributed by atoms with Crippen molar-refractivity contribution in [3.8, 4) is 0 Å². The second-order valence-corrected chi connectivity index (χ2v) is 9.20. The fourth-order valence-electron chi connectivity index (χ4n) is 2.92. The molecule has 2 atom stereocenters. The molecule has 1 aromatic carbocycles. The van der Waals surface area contributed by atoms with E-state index >= 15 is 0 Å². The van der Waals surface area contributed by atoms with Crippen LogP contribution in [0.15, 0.2) is 40.3 Å². The third kappa shape index (κ3) is 3.45. The van der Waals surface area contributed by atoms with Crippen molar-refractivity contribution in [1.29, 1.82) is 0 Å². The Morgan fingerprint density at radius 1 is 1.33 bits per heavy atom. The van der Waals surface area contributed by atoms with Gasteiger partial charge in [0.1, 0.15) is 10.8 Å². The molecule has 0 spiro atoms. The van der Waals surface area contributed by atoms with Gasteiger partial charge in [0, 0.05) is 38.3 Å². The largest absolute Gasteiger partial charge is 0.377 e. The van der Waals surface area contributed by atoms with E-state index in [1.807, 2.05) is 0 Å². The molecule has 2 aliphatic heterocycles. The van der Waals surface area contributed by atoms with E-state index in [0.29, 0.717) is 16.8 Å². The minimum atomic E-state index is -3.56. The van der Waals surface area contributed by atoms with Crippen molar-refractivity contribution >= 4 is 37.2 Å². The Hall–Kier alpha value is -2.00. The Bertz CT molecular complexity index is 877. The van der Waals surface area contributed by atoms with E-state index in [2.05, 4.69) is 4.99 Å². The van der Waals surface area contributed by atoms with Crippen LogP contribution in [-0.4, -0.2) is 53.3 Å². The van der Waals surface area contributed by atoms with Crippen molar-refractivity contribution < 1.29 is 23.3 Å². The number of nitro groups is 1. The Morgan fingerprint density at radius 3 is 2.52 bits per heavy atom. The molecule has 27 heavy (non-hydrogen) atoms. The van der Waals surface area contributed by atoms with Crippen LogP contribution in [0.2, 0.25) is 0 Å². The van der Waals surface area contributed by atoms with Gasteiger partial charge in [-0.25, -0.2) is 0 Å². The number of non-ortho nitro benzene ring substituents is 1.